The first-order valence-corrected chi connectivity index (χ1v) is 8.22. The van der Waals surface area contributed by atoms with Gasteiger partial charge in [-0.15, -0.1) is 0 Å². The minimum absolute atomic E-state index is 0.0845. The van der Waals surface area contributed by atoms with Crippen molar-refractivity contribution in [3.05, 3.63) is 76.3 Å². The molecule has 0 unspecified atom stereocenters. The molecule has 23 heavy (non-hydrogen) atoms. The summed E-state index contributed by atoms with van der Waals surface area (Å²) in [6.07, 6.45) is 4.16. The maximum absolute atomic E-state index is 11.8. The minimum Gasteiger partial charge on any atom is -0.352 e. The predicted octanol–water partition coefficient (Wildman–Crippen LogP) is 4.84. The third-order valence-corrected chi connectivity index (χ3v) is 3.91. The minimum atomic E-state index is -0.0845. The van der Waals surface area contributed by atoms with Crippen LogP contribution in [0.4, 0.5) is 0 Å². The molecular formula is C20H22ClNO. The molecule has 0 aliphatic rings. The highest BCUT2D eigenvalue weighted by molar-refractivity contribution is 6.30. The third kappa shape index (κ3) is 5.91. The molecule has 2 aromatic rings. The summed E-state index contributed by atoms with van der Waals surface area (Å²) in [4.78, 5) is 11.8. The van der Waals surface area contributed by atoms with Crippen molar-refractivity contribution < 1.29 is 4.79 Å². The van der Waals surface area contributed by atoms with Crippen molar-refractivity contribution in [3.8, 4) is 0 Å². The summed E-state index contributed by atoms with van der Waals surface area (Å²) in [6, 6.07) is 15.9. The average molecular weight is 328 g/mol. The highest BCUT2D eigenvalue weighted by Gasteiger charge is 2.00. The zero-order valence-corrected chi connectivity index (χ0v) is 14.3. The zero-order chi connectivity index (χ0) is 16.7. The Morgan fingerprint density at radius 1 is 1.09 bits per heavy atom. The average Bonchev–Trinajstić information content (AvgIpc) is 2.55. The van der Waals surface area contributed by atoms with Gasteiger partial charge in [-0.1, -0.05) is 61.8 Å². The van der Waals surface area contributed by atoms with Crippen LogP contribution in [0.3, 0.4) is 0 Å². The normalized spacial score (nSPS) is 11.1. The van der Waals surface area contributed by atoms with Gasteiger partial charge in [0.15, 0.2) is 0 Å². The van der Waals surface area contributed by atoms with Crippen LogP contribution in [0.5, 0.6) is 0 Å². The van der Waals surface area contributed by atoms with E-state index >= 15 is 0 Å². The molecular weight excluding hydrogens is 306 g/mol. The molecule has 0 aromatic heterocycles. The smallest absolute Gasteiger partial charge is 0.244 e. The van der Waals surface area contributed by atoms with Gasteiger partial charge >= 0.3 is 0 Å². The van der Waals surface area contributed by atoms with Crippen LogP contribution < -0.4 is 5.32 Å². The van der Waals surface area contributed by atoms with Gasteiger partial charge in [0.25, 0.3) is 0 Å². The van der Waals surface area contributed by atoms with Gasteiger partial charge in [-0.3, -0.25) is 4.79 Å². The van der Waals surface area contributed by atoms with Crippen LogP contribution in [-0.4, -0.2) is 12.5 Å². The van der Waals surface area contributed by atoms with Crippen LogP contribution in [-0.2, 0) is 11.2 Å². The SMILES string of the molecule is CC(C)c1ccc(CCNC(=O)/C=C/c2ccc(Cl)cc2)cc1. The Labute approximate surface area is 143 Å². The van der Waals surface area contributed by atoms with Crippen LogP contribution in [0.2, 0.25) is 5.02 Å². The van der Waals surface area contributed by atoms with E-state index in [9.17, 15) is 4.79 Å². The van der Waals surface area contributed by atoms with Crippen molar-refractivity contribution in [2.45, 2.75) is 26.2 Å². The zero-order valence-electron chi connectivity index (χ0n) is 13.6. The van der Waals surface area contributed by atoms with Crippen LogP contribution in [0.15, 0.2) is 54.6 Å². The summed E-state index contributed by atoms with van der Waals surface area (Å²) in [7, 11) is 0. The van der Waals surface area contributed by atoms with Gasteiger partial charge in [0.1, 0.15) is 0 Å². The molecule has 0 heterocycles. The predicted molar refractivity (Wildman–Crippen MR) is 97.7 cm³/mol. The Morgan fingerprint density at radius 2 is 1.74 bits per heavy atom. The second kappa shape index (κ2) is 8.54. The summed E-state index contributed by atoms with van der Waals surface area (Å²) in [5.74, 6) is 0.459. The summed E-state index contributed by atoms with van der Waals surface area (Å²) in [5, 5.41) is 3.59. The second-order valence-electron chi connectivity index (χ2n) is 5.82. The molecule has 0 atom stereocenters. The molecule has 1 N–H and O–H groups in total. The summed E-state index contributed by atoms with van der Waals surface area (Å²) in [5.41, 5.74) is 3.52. The Balaban J connectivity index is 1.77. The van der Waals surface area contributed by atoms with E-state index in [-0.39, 0.29) is 5.91 Å². The van der Waals surface area contributed by atoms with E-state index in [4.69, 9.17) is 11.6 Å². The van der Waals surface area contributed by atoms with E-state index in [1.807, 2.05) is 12.1 Å². The van der Waals surface area contributed by atoms with E-state index in [2.05, 4.69) is 43.4 Å². The summed E-state index contributed by atoms with van der Waals surface area (Å²) in [6.45, 7) is 5.00. The van der Waals surface area contributed by atoms with Crippen molar-refractivity contribution in [2.75, 3.05) is 6.54 Å². The van der Waals surface area contributed by atoms with Crippen LogP contribution in [0, 0.1) is 0 Å². The number of carbonyl (C=O) groups is 1. The van der Waals surface area contributed by atoms with E-state index in [0.717, 1.165) is 12.0 Å². The number of benzene rings is 2. The van der Waals surface area contributed by atoms with Crippen LogP contribution >= 0.6 is 11.6 Å². The van der Waals surface area contributed by atoms with Gasteiger partial charge < -0.3 is 5.32 Å². The summed E-state index contributed by atoms with van der Waals surface area (Å²) >= 11 is 5.82. The fourth-order valence-electron chi connectivity index (χ4n) is 2.20. The molecule has 0 aliphatic carbocycles. The van der Waals surface area contributed by atoms with E-state index in [1.165, 1.54) is 11.1 Å². The van der Waals surface area contributed by atoms with Gasteiger partial charge in [-0.25, -0.2) is 0 Å². The molecule has 120 valence electrons. The number of hydrogen-bond donors (Lipinski definition) is 1. The first kappa shape index (κ1) is 17.3. The molecule has 1 amide bonds. The van der Waals surface area contributed by atoms with Crippen molar-refractivity contribution in [3.63, 3.8) is 0 Å². The first-order chi connectivity index (χ1) is 11.0. The lowest BCUT2D eigenvalue weighted by Crippen LogP contribution is -2.23. The van der Waals surface area contributed by atoms with Crippen molar-refractivity contribution in [2.24, 2.45) is 0 Å². The van der Waals surface area contributed by atoms with Gasteiger partial charge in [-0.2, -0.15) is 0 Å². The van der Waals surface area contributed by atoms with E-state index < -0.39 is 0 Å². The Kier molecular flexibility index (Phi) is 6.42. The standard InChI is InChI=1S/C20H22ClNO/c1-15(2)18-8-3-17(4-9-18)13-14-22-20(23)12-7-16-5-10-19(21)11-6-16/h3-12,15H,13-14H2,1-2H3,(H,22,23)/b12-7+. The number of rotatable bonds is 6. The molecule has 0 spiro atoms. The molecule has 0 saturated heterocycles. The topological polar surface area (TPSA) is 29.1 Å². The third-order valence-electron chi connectivity index (χ3n) is 3.66. The fourth-order valence-corrected chi connectivity index (χ4v) is 2.33. The molecule has 2 nitrogen and oxygen atoms in total. The Morgan fingerprint density at radius 3 is 2.35 bits per heavy atom. The van der Waals surface area contributed by atoms with Crippen LogP contribution in [0.25, 0.3) is 6.08 Å². The molecule has 3 heteroatoms. The maximum atomic E-state index is 11.8. The largest absolute Gasteiger partial charge is 0.352 e. The first-order valence-electron chi connectivity index (χ1n) is 7.85. The van der Waals surface area contributed by atoms with E-state index in [1.54, 1.807) is 24.3 Å². The molecule has 0 fully saturated rings. The molecule has 0 bridgehead atoms. The number of nitrogens with one attached hydrogen (secondary N) is 1. The highest BCUT2D eigenvalue weighted by atomic mass is 35.5. The molecule has 2 rings (SSSR count). The quantitative estimate of drug-likeness (QED) is 0.756. The monoisotopic (exact) mass is 327 g/mol. The van der Waals surface area contributed by atoms with Gasteiger partial charge in [0, 0.05) is 17.6 Å². The number of hydrogen-bond acceptors (Lipinski definition) is 1. The summed E-state index contributed by atoms with van der Waals surface area (Å²) < 4.78 is 0. The molecule has 0 aliphatic heterocycles. The number of amides is 1. The Bertz CT molecular complexity index is 657. The maximum Gasteiger partial charge on any atom is 0.244 e. The lowest BCUT2D eigenvalue weighted by Gasteiger charge is -2.07. The van der Waals surface area contributed by atoms with Crippen molar-refractivity contribution in [1.29, 1.82) is 0 Å². The lowest BCUT2D eigenvalue weighted by molar-refractivity contribution is -0.116. The van der Waals surface area contributed by atoms with Gasteiger partial charge in [0.2, 0.25) is 5.91 Å². The molecule has 2 aromatic carbocycles. The van der Waals surface area contributed by atoms with Crippen LogP contribution in [0.1, 0.15) is 36.5 Å². The number of halogens is 1. The van der Waals surface area contributed by atoms with E-state index in [0.29, 0.717) is 17.5 Å². The van der Waals surface area contributed by atoms with Crippen molar-refractivity contribution >= 4 is 23.6 Å². The fraction of sp³-hybridized carbons (Fsp3) is 0.250. The van der Waals surface area contributed by atoms with Gasteiger partial charge in [-0.05, 0) is 47.2 Å². The second-order valence-corrected chi connectivity index (χ2v) is 6.26. The molecule has 0 radical (unpaired) electrons. The highest BCUT2D eigenvalue weighted by Crippen LogP contribution is 2.14. The molecule has 0 saturated carbocycles. The lowest BCUT2D eigenvalue weighted by atomic mass is 10.0. The number of carbonyl (C=O) groups excluding carboxylic acids is 1. The van der Waals surface area contributed by atoms with Gasteiger partial charge in [0.05, 0.1) is 0 Å². The van der Waals surface area contributed by atoms with Crippen molar-refractivity contribution in [1.82, 2.24) is 5.32 Å². The Hall–Kier alpha value is -2.06.